The van der Waals surface area contributed by atoms with Crippen LogP contribution in [-0.2, 0) is 4.79 Å². The Labute approximate surface area is 122 Å². The predicted octanol–water partition coefficient (Wildman–Crippen LogP) is 3.12. The quantitative estimate of drug-likeness (QED) is 0.831. The molecule has 0 atom stereocenters. The van der Waals surface area contributed by atoms with E-state index < -0.39 is 0 Å². The maximum atomic E-state index is 13.3. The van der Waals surface area contributed by atoms with Crippen molar-refractivity contribution in [2.75, 3.05) is 17.7 Å². The molecule has 5 heteroatoms. The minimum atomic E-state index is -0.321. The van der Waals surface area contributed by atoms with Gasteiger partial charge in [-0.2, -0.15) is 0 Å². The zero-order valence-electron chi connectivity index (χ0n) is 11.7. The highest BCUT2D eigenvalue weighted by Gasteiger charge is 2.04. The van der Waals surface area contributed by atoms with Crippen molar-refractivity contribution in [3.8, 4) is 5.75 Å². The summed E-state index contributed by atoms with van der Waals surface area (Å²) in [4.78, 5) is 11.7. The fourth-order valence-electron chi connectivity index (χ4n) is 1.71. The standard InChI is InChI=1S/C16H17FN2O2/c1-11-2-7-14(10-15(11)17)21-9-8-16(20)19-13-5-3-12(18)4-6-13/h2-7,10H,8-9,18H2,1H3,(H,19,20). The molecule has 0 saturated heterocycles. The minimum Gasteiger partial charge on any atom is -0.493 e. The normalized spacial score (nSPS) is 10.2. The number of anilines is 2. The van der Waals surface area contributed by atoms with Gasteiger partial charge in [-0.1, -0.05) is 6.07 Å². The first-order chi connectivity index (χ1) is 10.0. The third-order valence-corrected chi connectivity index (χ3v) is 2.94. The molecule has 3 N–H and O–H groups in total. The lowest BCUT2D eigenvalue weighted by Crippen LogP contribution is -2.15. The molecule has 0 unspecified atom stereocenters. The highest BCUT2D eigenvalue weighted by Crippen LogP contribution is 2.16. The Hall–Kier alpha value is -2.56. The number of rotatable bonds is 5. The molecule has 2 aromatic carbocycles. The number of carbonyl (C=O) groups excluding carboxylic acids is 1. The molecular weight excluding hydrogens is 271 g/mol. The molecule has 0 aromatic heterocycles. The van der Waals surface area contributed by atoms with Gasteiger partial charge in [-0.25, -0.2) is 4.39 Å². The number of benzene rings is 2. The monoisotopic (exact) mass is 288 g/mol. The lowest BCUT2D eigenvalue weighted by atomic mass is 10.2. The van der Waals surface area contributed by atoms with E-state index in [0.29, 0.717) is 22.7 Å². The molecule has 0 aliphatic carbocycles. The second-order valence-corrected chi connectivity index (χ2v) is 4.68. The Bertz CT molecular complexity index is 627. The van der Waals surface area contributed by atoms with Crippen LogP contribution >= 0.6 is 0 Å². The SMILES string of the molecule is Cc1ccc(OCCC(=O)Nc2ccc(N)cc2)cc1F. The Morgan fingerprint density at radius 1 is 1.24 bits per heavy atom. The number of nitrogens with one attached hydrogen (secondary N) is 1. The van der Waals surface area contributed by atoms with Crippen LogP contribution in [0.2, 0.25) is 0 Å². The first-order valence-corrected chi connectivity index (χ1v) is 6.59. The largest absolute Gasteiger partial charge is 0.493 e. The first kappa shape index (κ1) is 14.8. The molecule has 0 heterocycles. The van der Waals surface area contributed by atoms with Gasteiger partial charge in [-0.05, 0) is 42.8 Å². The van der Waals surface area contributed by atoms with E-state index in [1.54, 1.807) is 43.3 Å². The number of halogens is 1. The second-order valence-electron chi connectivity index (χ2n) is 4.68. The van der Waals surface area contributed by atoms with Gasteiger partial charge in [0.1, 0.15) is 11.6 Å². The van der Waals surface area contributed by atoms with Crippen LogP contribution in [0.4, 0.5) is 15.8 Å². The van der Waals surface area contributed by atoms with Crippen LogP contribution in [0, 0.1) is 12.7 Å². The van der Waals surface area contributed by atoms with Crippen molar-refractivity contribution < 1.29 is 13.9 Å². The van der Waals surface area contributed by atoms with Crippen LogP contribution in [-0.4, -0.2) is 12.5 Å². The molecule has 2 rings (SSSR count). The number of aryl methyl sites for hydroxylation is 1. The molecule has 2 aromatic rings. The van der Waals surface area contributed by atoms with Crippen LogP contribution < -0.4 is 15.8 Å². The first-order valence-electron chi connectivity index (χ1n) is 6.59. The number of nitrogen functional groups attached to an aromatic ring is 1. The molecule has 1 amide bonds. The molecule has 0 bridgehead atoms. The van der Waals surface area contributed by atoms with E-state index in [-0.39, 0.29) is 24.8 Å². The van der Waals surface area contributed by atoms with E-state index in [2.05, 4.69) is 5.32 Å². The Morgan fingerprint density at radius 3 is 2.62 bits per heavy atom. The highest BCUT2D eigenvalue weighted by molar-refractivity contribution is 5.90. The minimum absolute atomic E-state index is 0.174. The second kappa shape index (κ2) is 6.74. The summed E-state index contributed by atoms with van der Waals surface area (Å²) >= 11 is 0. The van der Waals surface area contributed by atoms with E-state index in [1.807, 2.05) is 0 Å². The fourth-order valence-corrected chi connectivity index (χ4v) is 1.71. The Balaban J connectivity index is 1.78. The number of nitrogens with two attached hydrogens (primary N) is 1. The number of hydrogen-bond acceptors (Lipinski definition) is 3. The molecule has 0 spiro atoms. The lowest BCUT2D eigenvalue weighted by Gasteiger charge is -2.08. The number of ether oxygens (including phenoxy) is 1. The molecule has 0 aliphatic heterocycles. The van der Waals surface area contributed by atoms with Gasteiger partial charge in [0.15, 0.2) is 0 Å². The summed E-state index contributed by atoms with van der Waals surface area (Å²) in [7, 11) is 0. The number of hydrogen-bond donors (Lipinski definition) is 2. The molecule has 21 heavy (non-hydrogen) atoms. The topological polar surface area (TPSA) is 64.3 Å². The zero-order chi connectivity index (χ0) is 15.2. The molecule has 0 saturated carbocycles. The summed E-state index contributed by atoms with van der Waals surface area (Å²) in [5.41, 5.74) is 7.43. The third kappa shape index (κ3) is 4.49. The van der Waals surface area contributed by atoms with E-state index in [9.17, 15) is 9.18 Å². The maximum absolute atomic E-state index is 13.3. The summed E-state index contributed by atoms with van der Waals surface area (Å²) in [6.07, 6.45) is 0.180. The van der Waals surface area contributed by atoms with Crippen molar-refractivity contribution in [1.82, 2.24) is 0 Å². The van der Waals surface area contributed by atoms with Crippen LogP contribution in [0.15, 0.2) is 42.5 Å². The number of amides is 1. The van der Waals surface area contributed by atoms with Crippen molar-refractivity contribution in [2.24, 2.45) is 0 Å². The van der Waals surface area contributed by atoms with Gasteiger partial charge >= 0.3 is 0 Å². The van der Waals surface area contributed by atoms with Gasteiger partial charge in [-0.15, -0.1) is 0 Å². The average molecular weight is 288 g/mol. The van der Waals surface area contributed by atoms with Crippen molar-refractivity contribution in [3.63, 3.8) is 0 Å². The highest BCUT2D eigenvalue weighted by atomic mass is 19.1. The molecule has 0 radical (unpaired) electrons. The molecule has 110 valence electrons. The fraction of sp³-hybridized carbons (Fsp3) is 0.188. The lowest BCUT2D eigenvalue weighted by molar-refractivity contribution is -0.116. The molecule has 0 fully saturated rings. The predicted molar refractivity (Wildman–Crippen MR) is 80.7 cm³/mol. The van der Waals surface area contributed by atoms with Crippen LogP contribution in [0.25, 0.3) is 0 Å². The van der Waals surface area contributed by atoms with Gasteiger partial charge in [0, 0.05) is 17.4 Å². The van der Waals surface area contributed by atoms with Gasteiger partial charge in [0.05, 0.1) is 13.0 Å². The zero-order valence-corrected chi connectivity index (χ0v) is 11.7. The Morgan fingerprint density at radius 2 is 1.95 bits per heavy atom. The summed E-state index contributed by atoms with van der Waals surface area (Å²) in [5, 5.41) is 2.73. The van der Waals surface area contributed by atoms with Crippen molar-refractivity contribution in [2.45, 2.75) is 13.3 Å². The maximum Gasteiger partial charge on any atom is 0.227 e. The van der Waals surface area contributed by atoms with Crippen molar-refractivity contribution in [3.05, 3.63) is 53.8 Å². The van der Waals surface area contributed by atoms with Gasteiger partial charge in [0.2, 0.25) is 5.91 Å². The molecule has 4 nitrogen and oxygen atoms in total. The summed E-state index contributed by atoms with van der Waals surface area (Å²) in [6, 6.07) is 11.5. The smallest absolute Gasteiger partial charge is 0.227 e. The van der Waals surface area contributed by atoms with E-state index in [0.717, 1.165) is 0 Å². The summed E-state index contributed by atoms with van der Waals surface area (Å²) in [5.74, 6) is -0.0791. The van der Waals surface area contributed by atoms with Gasteiger partial charge in [-0.3, -0.25) is 4.79 Å². The van der Waals surface area contributed by atoms with Gasteiger partial charge < -0.3 is 15.8 Å². The van der Waals surface area contributed by atoms with E-state index in [4.69, 9.17) is 10.5 Å². The molecular formula is C16H17FN2O2. The van der Waals surface area contributed by atoms with E-state index in [1.165, 1.54) is 6.07 Å². The third-order valence-electron chi connectivity index (χ3n) is 2.94. The van der Waals surface area contributed by atoms with Crippen LogP contribution in [0.3, 0.4) is 0 Å². The van der Waals surface area contributed by atoms with Crippen LogP contribution in [0.5, 0.6) is 5.75 Å². The Kier molecular flexibility index (Phi) is 4.77. The summed E-state index contributed by atoms with van der Waals surface area (Å²) < 4.78 is 18.7. The van der Waals surface area contributed by atoms with Crippen molar-refractivity contribution in [1.29, 1.82) is 0 Å². The van der Waals surface area contributed by atoms with Gasteiger partial charge in [0.25, 0.3) is 0 Å². The summed E-state index contributed by atoms with van der Waals surface area (Å²) in [6.45, 7) is 1.86. The van der Waals surface area contributed by atoms with Crippen molar-refractivity contribution >= 4 is 17.3 Å². The number of carbonyl (C=O) groups is 1. The van der Waals surface area contributed by atoms with E-state index >= 15 is 0 Å². The molecule has 0 aliphatic rings. The average Bonchev–Trinajstić information content (AvgIpc) is 2.45. The van der Waals surface area contributed by atoms with Crippen LogP contribution in [0.1, 0.15) is 12.0 Å².